The second kappa shape index (κ2) is 6.48. The molecule has 31 heavy (non-hydrogen) atoms. The number of amides is 3. The molecule has 0 unspecified atom stereocenters. The van der Waals surface area contributed by atoms with Gasteiger partial charge in [0.25, 0.3) is 0 Å². The fourth-order valence-electron chi connectivity index (χ4n) is 5.73. The van der Waals surface area contributed by atoms with Crippen LogP contribution in [-0.4, -0.2) is 34.9 Å². The molecule has 1 aliphatic heterocycles. The van der Waals surface area contributed by atoms with Crippen molar-refractivity contribution in [1.29, 1.82) is 0 Å². The quantitative estimate of drug-likeness (QED) is 0.527. The summed E-state index contributed by atoms with van der Waals surface area (Å²) in [6.45, 7) is 0.0885. The van der Waals surface area contributed by atoms with Crippen molar-refractivity contribution in [2.75, 3.05) is 11.9 Å². The smallest absolute Gasteiger partial charge is 0.233 e. The number of carbonyl (C=O) groups is 4. The van der Waals surface area contributed by atoms with E-state index in [-0.39, 0.29) is 60.1 Å². The Balaban J connectivity index is 1.13. The average molecular weight is 412 g/mol. The van der Waals surface area contributed by atoms with Gasteiger partial charge in [0.2, 0.25) is 17.7 Å². The lowest BCUT2D eigenvalue weighted by atomic mass is 9.85. The number of anilines is 1. The van der Waals surface area contributed by atoms with Crippen molar-refractivity contribution in [2.24, 2.45) is 23.7 Å². The summed E-state index contributed by atoms with van der Waals surface area (Å²) in [7, 11) is 0. The highest BCUT2D eigenvalue weighted by molar-refractivity contribution is 6.22. The molecule has 1 saturated heterocycles. The van der Waals surface area contributed by atoms with Gasteiger partial charge in [-0.2, -0.15) is 0 Å². The van der Waals surface area contributed by atoms with Gasteiger partial charge < -0.3 is 5.32 Å². The number of allylic oxidation sites excluding steroid dienone is 2. The van der Waals surface area contributed by atoms with Crippen molar-refractivity contribution >= 4 is 29.2 Å². The number of hydrogen-bond donors (Lipinski definition) is 1. The second-order valence-electron chi connectivity index (χ2n) is 8.76. The molecule has 3 amide bonds. The second-order valence-corrected chi connectivity index (χ2v) is 8.76. The lowest BCUT2D eigenvalue weighted by Crippen LogP contribution is -2.35. The standard InChI is InChI=1S/C25H20N2O4/c28-20(9-10-27-24(30)21-13-5-6-14(11-13)22(21)25(27)31)26-15-7-8-17-16-3-1-2-4-18(16)23(29)19(17)12-15/h1-8,12-14,21-22H,9-11H2,(H,26,28)/t13-,14-,21-,22-/m0/s1. The number of ketones is 1. The Labute approximate surface area is 178 Å². The molecule has 0 spiro atoms. The molecule has 6 heteroatoms. The summed E-state index contributed by atoms with van der Waals surface area (Å²) < 4.78 is 0. The number of likely N-dealkylation sites (tertiary alicyclic amines) is 1. The predicted octanol–water partition coefficient (Wildman–Crippen LogP) is 3.03. The molecule has 6 rings (SSSR count). The maximum Gasteiger partial charge on any atom is 0.233 e. The minimum Gasteiger partial charge on any atom is -0.326 e. The van der Waals surface area contributed by atoms with Gasteiger partial charge in [-0.05, 0) is 41.5 Å². The van der Waals surface area contributed by atoms with Gasteiger partial charge >= 0.3 is 0 Å². The van der Waals surface area contributed by atoms with Gasteiger partial charge in [0.1, 0.15) is 0 Å². The molecule has 4 atom stereocenters. The monoisotopic (exact) mass is 412 g/mol. The highest BCUT2D eigenvalue weighted by atomic mass is 16.2. The Morgan fingerprint density at radius 2 is 1.52 bits per heavy atom. The molecule has 0 aromatic heterocycles. The fourth-order valence-corrected chi connectivity index (χ4v) is 5.73. The summed E-state index contributed by atoms with van der Waals surface area (Å²) >= 11 is 0. The lowest BCUT2D eigenvalue weighted by Gasteiger charge is -2.17. The predicted molar refractivity (Wildman–Crippen MR) is 113 cm³/mol. The van der Waals surface area contributed by atoms with Crippen molar-refractivity contribution in [2.45, 2.75) is 12.8 Å². The molecule has 1 N–H and O–H groups in total. The maximum atomic E-state index is 12.7. The Morgan fingerprint density at radius 1 is 0.871 bits per heavy atom. The normalized spacial score (nSPS) is 27.0. The third-order valence-electron chi connectivity index (χ3n) is 7.13. The van der Waals surface area contributed by atoms with Crippen LogP contribution < -0.4 is 5.32 Å². The average Bonchev–Trinajstić information content (AvgIpc) is 3.51. The van der Waals surface area contributed by atoms with Crippen molar-refractivity contribution in [1.82, 2.24) is 4.90 Å². The molecule has 6 nitrogen and oxygen atoms in total. The third-order valence-corrected chi connectivity index (χ3v) is 7.13. The molecule has 2 fully saturated rings. The molecular weight excluding hydrogens is 392 g/mol. The summed E-state index contributed by atoms with van der Waals surface area (Å²) in [5, 5.41) is 2.80. The Morgan fingerprint density at radius 3 is 2.23 bits per heavy atom. The van der Waals surface area contributed by atoms with E-state index in [4.69, 9.17) is 0 Å². The maximum absolute atomic E-state index is 12.7. The fraction of sp³-hybridized carbons (Fsp3) is 0.280. The molecule has 4 aliphatic rings. The van der Waals surface area contributed by atoms with E-state index in [1.54, 1.807) is 18.2 Å². The van der Waals surface area contributed by atoms with Crippen LogP contribution in [0.2, 0.25) is 0 Å². The number of nitrogens with one attached hydrogen (secondary N) is 1. The van der Waals surface area contributed by atoms with Crippen LogP contribution >= 0.6 is 0 Å². The molecule has 0 radical (unpaired) electrons. The van der Waals surface area contributed by atoms with Crippen molar-refractivity contribution in [3.8, 4) is 11.1 Å². The molecule has 2 aromatic carbocycles. The summed E-state index contributed by atoms with van der Waals surface area (Å²) in [4.78, 5) is 51.9. The summed E-state index contributed by atoms with van der Waals surface area (Å²) in [5.74, 6) is -0.769. The van der Waals surface area contributed by atoms with Crippen molar-refractivity contribution in [3.63, 3.8) is 0 Å². The Kier molecular flexibility index (Phi) is 3.81. The van der Waals surface area contributed by atoms with Crippen molar-refractivity contribution in [3.05, 3.63) is 65.7 Å². The van der Waals surface area contributed by atoms with Crippen molar-refractivity contribution < 1.29 is 19.2 Å². The number of fused-ring (bicyclic) bond motifs is 8. The van der Waals surface area contributed by atoms with Crippen LogP contribution in [0.3, 0.4) is 0 Å². The van der Waals surface area contributed by atoms with Gasteiger partial charge in [0, 0.05) is 29.8 Å². The van der Waals surface area contributed by atoms with Gasteiger partial charge in [0.05, 0.1) is 11.8 Å². The van der Waals surface area contributed by atoms with E-state index >= 15 is 0 Å². The number of benzene rings is 2. The first-order chi connectivity index (χ1) is 15.0. The van der Waals surface area contributed by atoms with Crippen LogP contribution in [-0.2, 0) is 14.4 Å². The number of rotatable bonds is 4. The zero-order chi connectivity index (χ0) is 21.3. The summed E-state index contributed by atoms with van der Waals surface area (Å²) in [6.07, 6.45) is 5.04. The zero-order valence-corrected chi connectivity index (χ0v) is 16.7. The van der Waals surface area contributed by atoms with Gasteiger partial charge in [-0.15, -0.1) is 0 Å². The number of imide groups is 1. The van der Waals surface area contributed by atoms with Crippen LogP contribution in [0.25, 0.3) is 11.1 Å². The molecule has 154 valence electrons. The van der Waals surface area contributed by atoms with E-state index in [2.05, 4.69) is 17.5 Å². The molecule has 3 aliphatic carbocycles. The largest absolute Gasteiger partial charge is 0.326 e. The van der Waals surface area contributed by atoms with Crippen LogP contribution in [0.4, 0.5) is 5.69 Å². The first-order valence-electron chi connectivity index (χ1n) is 10.6. The minimum absolute atomic E-state index is 0.0327. The number of hydrogen-bond acceptors (Lipinski definition) is 4. The number of nitrogens with zero attached hydrogens (tertiary/aromatic N) is 1. The van der Waals surface area contributed by atoms with E-state index < -0.39 is 0 Å². The van der Waals surface area contributed by atoms with E-state index in [9.17, 15) is 19.2 Å². The van der Waals surface area contributed by atoms with Gasteiger partial charge in [-0.3, -0.25) is 24.1 Å². The first kappa shape index (κ1) is 18.2. The van der Waals surface area contributed by atoms with E-state index in [1.165, 1.54) is 4.90 Å². The van der Waals surface area contributed by atoms with Crippen LogP contribution in [0.5, 0.6) is 0 Å². The molecule has 1 heterocycles. The highest BCUT2D eigenvalue weighted by Crippen LogP contribution is 2.52. The molecular formula is C25H20N2O4. The van der Waals surface area contributed by atoms with Gasteiger partial charge in [0.15, 0.2) is 5.78 Å². The van der Waals surface area contributed by atoms with Crippen LogP contribution in [0.1, 0.15) is 28.8 Å². The SMILES string of the molecule is O=C(CCN1C(=O)[C@@H]2[C@@H](C1=O)[C@H]1C=C[C@H]2C1)Nc1ccc2c(c1)C(=O)c1ccccc1-2. The minimum atomic E-state index is -0.290. The molecule has 1 saturated carbocycles. The number of carbonyl (C=O) groups excluding carboxylic acids is 4. The first-order valence-corrected chi connectivity index (χ1v) is 10.6. The molecule has 2 aromatic rings. The summed E-state index contributed by atoms with van der Waals surface area (Å²) in [6, 6.07) is 12.7. The summed E-state index contributed by atoms with van der Waals surface area (Å²) in [5.41, 5.74) is 3.53. The lowest BCUT2D eigenvalue weighted by molar-refractivity contribution is -0.140. The zero-order valence-electron chi connectivity index (χ0n) is 16.7. The van der Waals surface area contributed by atoms with Gasteiger partial charge in [-0.1, -0.05) is 42.5 Å². The highest BCUT2D eigenvalue weighted by Gasteiger charge is 2.59. The molecule has 2 bridgehead atoms. The van der Waals surface area contributed by atoms with E-state index in [1.807, 2.05) is 24.3 Å². The van der Waals surface area contributed by atoms with Gasteiger partial charge in [-0.25, -0.2) is 0 Å². The Bertz CT molecular complexity index is 1180. The van der Waals surface area contributed by atoms with E-state index in [0.29, 0.717) is 16.8 Å². The van der Waals surface area contributed by atoms with Crippen LogP contribution in [0.15, 0.2) is 54.6 Å². The Hall–Kier alpha value is -3.54. The third kappa shape index (κ3) is 2.57. The van der Waals surface area contributed by atoms with Crippen LogP contribution in [0, 0.1) is 23.7 Å². The topological polar surface area (TPSA) is 83.6 Å². The van der Waals surface area contributed by atoms with E-state index in [0.717, 1.165) is 17.5 Å².